The second kappa shape index (κ2) is 4.14. The normalized spacial score (nSPS) is 29.3. The molecule has 88 valence electrons. The van der Waals surface area contributed by atoms with Gasteiger partial charge >= 0.3 is 0 Å². The summed E-state index contributed by atoms with van der Waals surface area (Å²) in [5.41, 5.74) is 5.98. The average molecular weight is 222 g/mol. The van der Waals surface area contributed by atoms with Crippen LogP contribution in [0.1, 0.15) is 30.9 Å². The Bertz CT molecular complexity index is 370. The molecule has 1 fully saturated rings. The van der Waals surface area contributed by atoms with Crippen molar-refractivity contribution in [2.45, 2.75) is 50.8 Å². The Morgan fingerprint density at radius 2 is 2.31 bits per heavy atom. The van der Waals surface area contributed by atoms with Crippen LogP contribution in [0.15, 0.2) is 0 Å². The topological polar surface area (TPSA) is 66.0 Å². The Balaban J connectivity index is 1.77. The molecule has 0 aliphatic carbocycles. The van der Waals surface area contributed by atoms with Crippen molar-refractivity contribution in [2.24, 2.45) is 5.73 Å². The minimum atomic E-state index is 0.256. The fourth-order valence-corrected chi connectivity index (χ4v) is 2.57. The summed E-state index contributed by atoms with van der Waals surface area (Å²) in [6.45, 7) is 1.76. The van der Waals surface area contributed by atoms with Crippen LogP contribution < -0.4 is 5.73 Å². The van der Waals surface area contributed by atoms with Crippen LogP contribution in [0, 0.1) is 0 Å². The molecule has 0 saturated carbocycles. The second-order valence-corrected chi connectivity index (χ2v) is 4.78. The Hall–Kier alpha value is -0.940. The Morgan fingerprint density at radius 1 is 1.38 bits per heavy atom. The number of nitrogens with two attached hydrogens (primary N) is 1. The number of aromatic nitrogens is 3. The molecule has 0 amide bonds. The van der Waals surface area contributed by atoms with E-state index in [1.54, 1.807) is 0 Å². The summed E-state index contributed by atoms with van der Waals surface area (Å²) < 4.78 is 7.82. The van der Waals surface area contributed by atoms with Gasteiger partial charge in [-0.15, -0.1) is 10.2 Å². The van der Waals surface area contributed by atoms with E-state index < -0.39 is 0 Å². The van der Waals surface area contributed by atoms with Crippen molar-refractivity contribution < 1.29 is 4.74 Å². The second-order valence-electron chi connectivity index (χ2n) is 4.78. The first-order valence-corrected chi connectivity index (χ1v) is 6.11. The zero-order chi connectivity index (χ0) is 11.0. The van der Waals surface area contributed by atoms with Gasteiger partial charge in [-0.05, 0) is 19.3 Å². The molecule has 3 heterocycles. The van der Waals surface area contributed by atoms with Gasteiger partial charge in [-0.3, -0.25) is 0 Å². The van der Waals surface area contributed by atoms with Crippen molar-refractivity contribution >= 4 is 0 Å². The van der Waals surface area contributed by atoms with Crippen molar-refractivity contribution in [3.63, 3.8) is 0 Å². The van der Waals surface area contributed by atoms with E-state index in [4.69, 9.17) is 10.5 Å². The fraction of sp³-hybridized carbons (Fsp3) is 0.818. The lowest BCUT2D eigenvalue weighted by molar-refractivity contribution is 0.109. The third kappa shape index (κ3) is 1.85. The lowest BCUT2D eigenvalue weighted by atomic mass is 10.1. The van der Waals surface area contributed by atoms with E-state index in [1.165, 1.54) is 6.42 Å². The molecule has 5 heteroatoms. The molecule has 1 saturated heterocycles. The van der Waals surface area contributed by atoms with Gasteiger partial charge in [-0.2, -0.15) is 0 Å². The van der Waals surface area contributed by atoms with E-state index in [1.807, 2.05) is 0 Å². The minimum absolute atomic E-state index is 0.256. The molecular formula is C11H18N4O. The molecule has 3 rings (SSSR count). The van der Waals surface area contributed by atoms with Crippen LogP contribution in [0.5, 0.6) is 0 Å². The number of aryl methyl sites for hydroxylation is 1. The molecule has 0 spiro atoms. The molecular weight excluding hydrogens is 204 g/mol. The summed E-state index contributed by atoms with van der Waals surface area (Å²) in [6.07, 6.45) is 5.53. The molecule has 1 aromatic rings. The van der Waals surface area contributed by atoms with E-state index in [2.05, 4.69) is 14.8 Å². The summed E-state index contributed by atoms with van der Waals surface area (Å²) in [5, 5.41) is 8.51. The lowest BCUT2D eigenvalue weighted by Crippen LogP contribution is -2.33. The van der Waals surface area contributed by atoms with Crippen LogP contribution >= 0.6 is 0 Å². The predicted octanol–water partition coefficient (Wildman–Crippen LogP) is 0.273. The zero-order valence-electron chi connectivity index (χ0n) is 9.43. The first kappa shape index (κ1) is 10.2. The molecule has 2 atom stereocenters. The quantitative estimate of drug-likeness (QED) is 0.780. The molecule has 0 aromatic carbocycles. The van der Waals surface area contributed by atoms with Gasteiger partial charge in [0.05, 0.1) is 6.10 Å². The van der Waals surface area contributed by atoms with Crippen molar-refractivity contribution in [1.29, 1.82) is 0 Å². The van der Waals surface area contributed by atoms with Crippen molar-refractivity contribution in [1.82, 2.24) is 14.8 Å². The van der Waals surface area contributed by atoms with Gasteiger partial charge in [0.25, 0.3) is 0 Å². The molecule has 0 radical (unpaired) electrons. The van der Waals surface area contributed by atoms with E-state index in [0.29, 0.717) is 6.10 Å². The highest BCUT2D eigenvalue weighted by Crippen LogP contribution is 2.19. The molecule has 2 aliphatic rings. The van der Waals surface area contributed by atoms with E-state index in [0.717, 1.165) is 50.5 Å². The van der Waals surface area contributed by atoms with Gasteiger partial charge in [-0.25, -0.2) is 0 Å². The molecule has 0 bridgehead atoms. The molecule has 2 N–H and O–H groups in total. The van der Waals surface area contributed by atoms with Gasteiger partial charge in [-0.1, -0.05) is 0 Å². The fourth-order valence-electron chi connectivity index (χ4n) is 2.57. The summed E-state index contributed by atoms with van der Waals surface area (Å²) in [6, 6.07) is 0.256. The maximum atomic E-state index is 5.98. The first-order valence-electron chi connectivity index (χ1n) is 6.11. The first-order chi connectivity index (χ1) is 7.83. The monoisotopic (exact) mass is 222 g/mol. The summed E-state index contributed by atoms with van der Waals surface area (Å²) >= 11 is 0. The Morgan fingerprint density at radius 3 is 3.12 bits per heavy atom. The standard InChI is InChI=1S/C11H18N4O/c12-8-3-4-10-13-14-11(15(10)7-8)6-9-2-1-5-16-9/h8-9H,1-7,12H2. The number of hydrogen-bond acceptors (Lipinski definition) is 4. The van der Waals surface area contributed by atoms with Crippen LogP contribution in [-0.2, 0) is 24.1 Å². The van der Waals surface area contributed by atoms with Crippen molar-refractivity contribution in [2.75, 3.05) is 6.61 Å². The van der Waals surface area contributed by atoms with Gasteiger partial charge in [0, 0.05) is 32.0 Å². The van der Waals surface area contributed by atoms with Crippen molar-refractivity contribution in [3.05, 3.63) is 11.6 Å². The maximum absolute atomic E-state index is 5.98. The van der Waals surface area contributed by atoms with Crippen LogP contribution in [-0.4, -0.2) is 33.5 Å². The van der Waals surface area contributed by atoms with Crippen LogP contribution in [0.3, 0.4) is 0 Å². The Kier molecular flexibility index (Phi) is 2.65. The van der Waals surface area contributed by atoms with Crippen LogP contribution in [0.4, 0.5) is 0 Å². The largest absolute Gasteiger partial charge is 0.378 e. The molecule has 1 aromatic heterocycles. The van der Waals surface area contributed by atoms with Gasteiger partial charge < -0.3 is 15.0 Å². The number of rotatable bonds is 2. The van der Waals surface area contributed by atoms with E-state index in [-0.39, 0.29) is 6.04 Å². The van der Waals surface area contributed by atoms with Crippen LogP contribution in [0.2, 0.25) is 0 Å². The summed E-state index contributed by atoms with van der Waals surface area (Å²) in [5.74, 6) is 2.15. The highest BCUT2D eigenvalue weighted by Gasteiger charge is 2.24. The van der Waals surface area contributed by atoms with Gasteiger partial charge in [0.2, 0.25) is 0 Å². The zero-order valence-corrected chi connectivity index (χ0v) is 9.43. The number of fused-ring (bicyclic) bond motifs is 1. The van der Waals surface area contributed by atoms with Crippen molar-refractivity contribution in [3.8, 4) is 0 Å². The summed E-state index contributed by atoms with van der Waals surface area (Å²) in [4.78, 5) is 0. The number of nitrogens with zero attached hydrogens (tertiary/aromatic N) is 3. The third-order valence-electron chi connectivity index (χ3n) is 3.49. The van der Waals surface area contributed by atoms with E-state index in [9.17, 15) is 0 Å². The minimum Gasteiger partial charge on any atom is -0.378 e. The molecule has 16 heavy (non-hydrogen) atoms. The SMILES string of the molecule is NC1CCc2nnc(CC3CCCO3)n2C1. The van der Waals surface area contributed by atoms with Crippen LogP contribution in [0.25, 0.3) is 0 Å². The predicted molar refractivity (Wildman–Crippen MR) is 59.0 cm³/mol. The highest BCUT2D eigenvalue weighted by atomic mass is 16.5. The Labute approximate surface area is 95.0 Å². The average Bonchev–Trinajstić information content (AvgIpc) is 2.90. The lowest BCUT2D eigenvalue weighted by Gasteiger charge is -2.21. The maximum Gasteiger partial charge on any atom is 0.135 e. The molecule has 2 aliphatic heterocycles. The molecule has 5 nitrogen and oxygen atoms in total. The number of ether oxygens (including phenoxy) is 1. The van der Waals surface area contributed by atoms with E-state index >= 15 is 0 Å². The van der Waals surface area contributed by atoms with Gasteiger partial charge in [0.15, 0.2) is 0 Å². The molecule has 2 unspecified atom stereocenters. The smallest absolute Gasteiger partial charge is 0.135 e. The third-order valence-corrected chi connectivity index (χ3v) is 3.49. The summed E-state index contributed by atoms with van der Waals surface area (Å²) in [7, 11) is 0. The highest BCUT2D eigenvalue weighted by molar-refractivity contribution is 5.02. The van der Waals surface area contributed by atoms with Gasteiger partial charge in [0.1, 0.15) is 11.6 Å². The number of hydrogen-bond donors (Lipinski definition) is 1.